The van der Waals surface area contributed by atoms with Gasteiger partial charge >= 0.3 is 0 Å². The SMILES string of the molecule is CC(C)c1ccc(C(=O)N2CCN(c3ccccc3C=CC(=O)NO)CC2)nc1. The Hall–Kier alpha value is -3.19. The first-order valence-corrected chi connectivity index (χ1v) is 9.71. The Balaban J connectivity index is 1.65. The fraction of sp³-hybridized carbons (Fsp3) is 0.318. The second kappa shape index (κ2) is 9.34. The zero-order valence-electron chi connectivity index (χ0n) is 16.7. The minimum atomic E-state index is -0.578. The number of hydrogen-bond donors (Lipinski definition) is 2. The van der Waals surface area contributed by atoms with Crippen molar-refractivity contribution in [1.29, 1.82) is 0 Å². The van der Waals surface area contributed by atoms with Crippen LogP contribution in [0.3, 0.4) is 0 Å². The molecule has 0 spiro atoms. The maximum absolute atomic E-state index is 12.8. The number of carbonyl (C=O) groups excluding carboxylic acids is 2. The van der Waals surface area contributed by atoms with E-state index in [2.05, 4.69) is 23.7 Å². The molecule has 1 aliphatic rings. The highest BCUT2D eigenvalue weighted by molar-refractivity contribution is 5.93. The van der Waals surface area contributed by atoms with E-state index in [1.54, 1.807) is 23.8 Å². The topological polar surface area (TPSA) is 85.8 Å². The van der Waals surface area contributed by atoms with Gasteiger partial charge in [0.15, 0.2) is 0 Å². The van der Waals surface area contributed by atoms with Gasteiger partial charge in [0, 0.05) is 44.1 Å². The van der Waals surface area contributed by atoms with Crippen LogP contribution in [0.4, 0.5) is 5.69 Å². The van der Waals surface area contributed by atoms with Gasteiger partial charge in [0.1, 0.15) is 5.69 Å². The summed E-state index contributed by atoms with van der Waals surface area (Å²) >= 11 is 0. The molecule has 0 bridgehead atoms. The normalized spacial score (nSPS) is 14.5. The summed E-state index contributed by atoms with van der Waals surface area (Å²) < 4.78 is 0. The number of rotatable bonds is 5. The lowest BCUT2D eigenvalue weighted by molar-refractivity contribution is -0.124. The number of anilines is 1. The van der Waals surface area contributed by atoms with Gasteiger partial charge in [-0.05, 0) is 35.3 Å². The van der Waals surface area contributed by atoms with Crippen molar-refractivity contribution in [2.75, 3.05) is 31.1 Å². The molecule has 152 valence electrons. The number of carbonyl (C=O) groups is 2. The maximum Gasteiger partial charge on any atom is 0.272 e. The summed E-state index contributed by atoms with van der Waals surface area (Å²) in [4.78, 5) is 32.4. The molecular formula is C22H26N4O3. The van der Waals surface area contributed by atoms with Gasteiger partial charge in [0.05, 0.1) is 0 Å². The predicted molar refractivity (Wildman–Crippen MR) is 112 cm³/mol. The molecule has 1 aromatic heterocycles. The molecule has 2 N–H and O–H groups in total. The minimum Gasteiger partial charge on any atom is -0.367 e. The van der Waals surface area contributed by atoms with Gasteiger partial charge in [0.2, 0.25) is 0 Å². The summed E-state index contributed by atoms with van der Waals surface area (Å²) in [7, 11) is 0. The predicted octanol–water partition coefficient (Wildman–Crippen LogP) is 2.69. The summed E-state index contributed by atoms with van der Waals surface area (Å²) in [6, 6.07) is 11.5. The third kappa shape index (κ3) is 5.00. The Bertz CT molecular complexity index is 885. The largest absolute Gasteiger partial charge is 0.367 e. The summed E-state index contributed by atoms with van der Waals surface area (Å²) in [5.74, 6) is -0.244. The molecule has 0 saturated carbocycles. The summed E-state index contributed by atoms with van der Waals surface area (Å²) in [5, 5.41) is 8.64. The number of nitrogens with zero attached hydrogens (tertiary/aromatic N) is 3. The number of benzene rings is 1. The molecule has 0 unspecified atom stereocenters. The Morgan fingerprint density at radius 3 is 2.45 bits per heavy atom. The lowest BCUT2D eigenvalue weighted by atomic mass is 10.1. The molecule has 1 fully saturated rings. The van der Waals surface area contributed by atoms with E-state index in [1.165, 1.54) is 6.08 Å². The fourth-order valence-corrected chi connectivity index (χ4v) is 3.30. The number of nitrogens with one attached hydrogen (secondary N) is 1. The van der Waals surface area contributed by atoms with Crippen molar-refractivity contribution in [1.82, 2.24) is 15.4 Å². The van der Waals surface area contributed by atoms with Gasteiger partial charge in [-0.15, -0.1) is 0 Å². The highest BCUT2D eigenvalue weighted by Crippen LogP contribution is 2.23. The molecule has 2 aromatic rings. The van der Waals surface area contributed by atoms with Crippen molar-refractivity contribution in [2.45, 2.75) is 19.8 Å². The molecule has 1 aromatic carbocycles. The van der Waals surface area contributed by atoms with Crippen LogP contribution in [0.2, 0.25) is 0 Å². The zero-order valence-corrected chi connectivity index (χ0v) is 16.7. The molecule has 0 atom stereocenters. The monoisotopic (exact) mass is 394 g/mol. The van der Waals surface area contributed by atoms with Crippen LogP contribution in [0, 0.1) is 0 Å². The van der Waals surface area contributed by atoms with Crippen LogP contribution in [0.25, 0.3) is 6.08 Å². The maximum atomic E-state index is 12.8. The molecule has 2 amide bonds. The van der Waals surface area contributed by atoms with E-state index in [1.807, 2.05) is 35.2 Å². The van der Waals surface area contributed by atoms with Crippen LogP contribution in [0.1, 0.15) is 41.4 Å². The molecule has 7 heteroatoms. The quantitative estimate of drug-likeness (QED) is 0.463. The van der Waals surface area contributed by atoms with Crippen LogP contribution in [-0.2, 0) is 4.79 Å². The van der Waals surface area contributed by atoms with Crippen LogP contribution >= 0.6 is 0 Å². The van der Waals surface area contributed by atoms with E-state index >= 15 is 0 Å². The van der Waals surface area contributed by atoms with Gasteiger partial charge in [-0.2, -0.15) is 0 Å². The first kappa shape index (κ1) is 20.5. The number of hydrogen-bond acceptors (Lipinski definition) is 5. The van der Waals surface area contributed by atoms with Gasteiger partial charge in [-0.3, -0.25) is 19.8 Å². The number of amides is 2. The minimum absolute atomic E-state index is 0.0484. The van der Waals surface area contributed by atoms with Gasteiger partial charge in [-0.1, -0.05) is 38.1 Å². The van der Waals surface area contributed by atoms with E-state index in [-0.39, 0.29) is 5.91 Å². The average molecular weight is 394 g/mol. The van der Waals surface area contributed by atoms with Crippen molar-refractivity contribution >= 4 is 23.6 Å². The zero-order chi connectivity index (χ0) is 20.8. The molecule has 0 aliphatic carbocycles. The first-order chi connectivity index (χ1) is 14.0. The van der Waals surface area contributed by atoms with Crippen LogP contribution in [-0.4, -0.2) is 53.1 Å². The Labute approximate surface area is 170 Å². The van der Waals surface area contributed by atoms with Gasteiger partial charge in [-0.25, -0.2) is 5.48 Å². The van der Waals surface area contributed by atoms with E-state index in [4.69, 9.17) is 5.21 Å². The number of pyridine rings is 1. The standard InChI is InChI=1S/C22H26N4O3/c1-16(2)18-7-9-19(23-15-18)22(28)26-13-11-25(12-14-26)20-6-4-3-5-17(20)8-10-21(27)24-29/h3-10,15-16,29H,11-14H2,1-2H3,(H,24,27). The van der Waals surface area contributed by atoms with E-state index < -0.39 is 5.91 Å². The average Bonchev–Trinajstić information content (AvgIpc) is 2.77. The molecule has 0 radical (unpaired) electrons. The molecule has 7 nitrogen and oxygen atoms in total. The van der Waals surface area contributed by atoms with E-state index in [9.17, 15) is 9.59 Å². The van der Waals surface area contributed by atoms with Crippen molar-refractivity contribution < 1.29 is 14.8 Å². The molecule has 3 rings (SSSR count). The second-order valence-corrected chi connectivity index (χ2v) is 7.28. The number of para-hydroxylation sites is 1. The number of aromatic nitrogens is 1. The van der Waals surface area contributed by atoms with E-state index in [0.717, 1.165) is 16.8 Å². The second-order valence-electron chi connectivity index (χ2n) is 7.28. The van der Waals surface area contributed by atoms with Gasteiger partial charge in [0.25, 0.3) is 11.8 Å². The number of piperazine rings is 1. The number of hydroxylamine groups is 1. The summed E-state index contributed by atoms with van der Waals surface area (Å²) in [5.41, 5.74) is 5.04. The van der Waals surface area contributed by atoms with E-state index in [0.29, 0.717) is 37.8 Å². The van der Waals surface area contributed by atoms with Crippen LogP contribution < -0.4 is 10.4 Å². The highest BCUT2D eigenvalue weighted by atomic mass is 16.5. The van der Waals surface area contributed by atoms with Gasteiger partial charge < -0.3 is 9.80 Å². The smallest absolute Gasteiger partial charge is 0.272 e. The Morgan fingerprint density at radius 1 is 1.10 bits per heavy atom. The van der Waals surface area contributed by atoms with Crippen molar-refractivity contribution in [2.24, 2.45) is 0 Å². The molecule has 29 heavy (non-hydrogen) atoms. The lowest BCUT2D eigenvalue weighted by Gasteiger charge is -2.36. The summed E-state index contributed by atoms with van der Waals surface area (Å²) in [6.07, 6.45) is 4.73. The third-order valence-electron chi connectivity index (χ3n) is 5.04. The molecule has 2 heterocycles. The Kier molecular flexibility index (Phi) is 6.61. The van der Waals surface area contributed by atoms with Crippen molar-refractivity contribution in [3.63, 3.8) is 0 Å². The third-order valence-corrected chi connectivity index (χ3v) is 5.04. The molecule has 1 aliphatic heterocycles. The molecular weight excluding hydrogens is 368 g/mol. The Morgan fingerprint density at radius 2 is 1.83 bits per heavy atom. The molecule has 1 saturated heterocycles. The highest BCUT2D eigenvalue weighted by Gasteiger charge is 2.24. The van der Waals surface area contributed by atoms with Crippen molar-refractivity contribution in [3.8, 4) is 0 Å². The first-order valence-electron chi connectivity index (χ1n) is 9.71. The summed E-state index contributed by atoms with van der Waals surface area (Å²) in [6.45, 7) is 6.77. The van der Waals surface area contributed by atoms with Crippen LogP contribution in [0.15, 0.2) is 48.7 Å². The van der Waals surface area contributed by atoms with Crippen LogP contribution in [0.5, 0.6) is 0 Å². The fourth-order valence-electron chi connectivity index (χ4n) is 3.30. The van der Waals surface area contributed by atoms with Crippen molar-refractivity contribution in [3.05, 3.63) is 65.5 Å². The lowest BCUT2D eigenvalue weighted by Crippen LogP contribution is -2.49.